The summed E-state index contributed by atoms with van der Waals surface area (Å²) in [6, 6.07) is 0. The fourth-order valence-corrected chi connectivity index (χ4v) is 3.51. The Morgan fingerprint density at radius 2 is 2.38 bits per heavy atom. The number of nitrogens with one attached hydrogen (secondary N) is 1. The van der Waals surface area contributed by atoms with Gasteiger partial charge in [-0.3, -0.25) is 0 Å². The molecule has 1 aromatic heterocycles. The van der Waals surface area contributed by atoms with Gasteiger partial charge in [-0.1, -0.05) is 13.8 Å². The highest BCUT2D eigenvalue weighted by molar-refractivity contribution is 7.09. The Labute approximate surface area is 101 Å². The van der Waals surface area contributed by atoms with Crippen molar-refractivity contribution >= 4 is 11.3 Å². The second-order valence-electron chi connectivity index (χ2n) is 4.72. The van der Waals surface area contributed by atoms with E-state index in [9.17, 15) is 0 Å². The van der Waals surface area contributed by atoms with Gasteiger partial charge in [0.2, 0.25) is 0 Å². The lowest BCUT2D eigenvalue weighted by Gasteiger charge is -2.29. The molecule has 2 heterocycles. The third-order valence-electron chi connectivity index (χ3n) is 3.50. The number of nitrogens with zero attached hydrogens (tertiary/aromatic N) is 1. The molecule has 0 saturated carbocycles. The highest BCUT2D eigenvalue weighted by atomic mass is 32.1. The van der Waals surface area contributed by atoms with E-state index >= 15 is 0 Å². The summed E-state index contributed by atoms with van der Waals surface area (Å²) in [4.78, 5) is 4.76. The predicted octanol–water partition coefficient (Wildman–Crippen LogP) is 2.49. The summed E-state index contributed by atoms with van der Waals surface area (Å²) in [6.45, 7) is 7.30. The largest absolute Gasteiger partial charge is 0.376 e. The first-order valence-electron chi connectivity index (χ1n) is 5.86. The highest BCUT2D eigenvalue weighted by Gasteiger charge is 2.44. The first kappa shape index (κ1) is 12.0. The molecular weight excluding hydrogens is 220 g/mol. The Balaban J connectivity index is 2.33. The molecule has 4 heteroatoms. The second-order valence-corrected chi connectivity index (χ2v) is 5.57. The van der Waals surface area contributed by atoms with Gasteiger partial charge in [0, 0.05) is 12.0 Å². The van der Waals surface area contributed by atoms with Crippen molar-refractivity contribution in [2.75, 3.05) is 13.7 Å². The molecule has 1 aliphatic rings. The van der Waals surface area contributed by atoms with Gasteiger partial charge in [0.1, 0.15) is 5.01 Å². The van der Waals surface area contributed by atoms with Gasteiger partial charge in [-0.25, -0.2) is 4.98 Å². The van der Waals surface area contributed by atoms with Crippen LogP contribution in [0.25, 0.3) is 0 Å². The van der Waals surface area contributed by atoms with Crippen molar-refractivity contribution in [2.45, 2.75) is 44.8 Å². The van der Waals surface area contributed by atoms with E-state index in [-0.39, 0.29) is 11.6 Å². The highest BCUT2D eigenvalue weighted by Crippen LogP contribution is 2.37. The smallest absolute Gasteiger partial charge is 0.116 e. The quantitative estimate of drug-likeness (QED) is 0.881. The third kappa shape index (κ3) is 1.79. The SMILES string of the molecule is CNC1(c2nc(C(C)C)cs2)CCOC1C. The van der Waals surface area contributed by atoms with Gasteiger partial charge in [-0.2, -0.15) is 0 Å². The molecule has 1 N–H and O–H groups in total. The van der Waals surface area contributed by atoms with Crippen LogP contribution in [0.1, 0.15) is 43.8 Å². The summed E-state index contributed by atoms with van der Waals surface area (Å²) in [5, 5.41) is 6.76. The van der Waals surface area contributed by atoms with Crippen LogP contribution in [0.5, 0.6) is 0 Å². The first-order chi connectivity index (χ1) is 7.60. The van der Waals surface area contributed by atoms with Gasteiger partial charge in [0.15, 0.2) is 0 Å². The number of hydrogen-bond donors (Lipinski definition) is 1. The zero-order chi connectivity index (χ0) is 11.8. The molecule has 1 aromatic rings. The Morgan fingerprint density at radius 3 is 2.81 bits per heavy atom. The lowest BCUT2D eigenvalue weighted by Crippen LogP contribution is -2.45. The van der Waals surface area contributed by atoms with E-state index in [1.165, 1.54) is 10.7 Å². The summed E-state index contributed by atoms with van der Waals surface area (Å²) in [6.07, 6.45) is 1.21. The fourth-order valence-electron chi connectivity index (χ4n) is 2.21. The summed E-state index contributed by atoms with van der Waals surface area (Å²) in [5.41, 5.74) is 1.12. The summed E-state index contributed by atoms with van der Waals surface area (Å²) >= 11 is 1.75. The molecule has 1 aliphatic heterocycles. The maximum atomic E-state index is 5.69. The number of aromatic nitrogens is 1. The molecule has 90 valence electrons. The van der Waals surface area contributed by atoms with E-state index in [0.29, 0.717) is 5.92 Å². The fraction of sp³-hybridized carbons (Fsp3) is 0.750. The molecule has 0 spiro atoms. The van der Waals surface area contributed by atoms with Gasteiger partial charge in [0.05, 0.1) is 17.3 Å². The molecule has 0 bridgehead atoms. The van der Waals surface area contributed by atoms with Gasteiger partial charge < -0.3 is 10.1 Å². The topological polar surface area (TPSA) is 34.2 Å². The van der Waals surface area contributed by atoms with Crippen LogP contribution in [0.2, 0.25) is 0 Å². The molecule has 2 unspecified atom stereocenters. The van der Waals surface area contributed by atoms with E-state index in [2.05, 4.69) is 31.5 Å². The van der Waals surface area contributed by atoms with Crippen LogP contribution in [0, 0.1) is 0 Å². The van der Waals surface area contributed by atoms with Crippen LogP contribution in [0.15, 0.2) is 5.38 Å². The van der Waals surface area contributed by atoms with Crippen LogP contribution < -0.4 is 5.32 Å². The van der Waals surface area contributed by atoms with Crippen LogP contribution >= 0.6 is 11.3 Å². The van der Waals surface area contributed by atoms with Crippen molar-refractivity contribution in [3.63, 3.8) is 0 Å². The van der Waals surface area contributed by atoms with Crippen molar-refractivity contribution < 1.29 is 4.74 Å². The maximum Gasteiger partial charge on any atom is 0.116 e. The molecule has 2 rings (SSSR count). The third-order valence-corrected chi connectivity index (χ3v) is 4.54. The predicted molar refractivity (Wildman–Crippen MR) is 67.0 cm³/mol. The maximum absolute atomic E-state index is 5.69. The van der Waals surface area contributed by atoms with Crippen molar-refractivity contribution in [3.05, 3.63) is 16.1 Å². The number of thiazole rings is 1. The molecular formula is C12H20N2OS. The zero-order valence-electron chi connectivity index (χ0n) is 10.4. The Morgan fingerprint density at radius 1 is 1.62 bits per heavy atom. The molecule has 0 amide bonds. The molecule has 2 atom stereocenters. The lowest BCUT2D eigenvalue weighted by atomic mass is 9.93. The van der Waals surface area contributed by atoms with E-state index in [1.54, 1.807) is 11.3 Å². The summed E-state index contributed by atoms with van der Waals surface area (Å²) < 4.78 is 5.69. The average Bonchev–Trinajstić information content (AvgIpc) is 2.84. The van der Waals surface area contributed by atoms with Crippen LogP contribution in [0.3, 0.4) is 0 Å². The monoisotopic (exact) mass is 240 g/mol. The summed E-state index contributed by atoms with van der Waals surface area (Å²) in [7, 11) is 2.00. The molecule has 0 aromatic carbocycles. The van der Waals surface area contributed by atoms with Gasteiger partial charge in [0.25, 0.3) is 0 Å². The minimum atomic E-state index is -0.0716. The molecule has 3 nitrogen and oxygen atoms in total. The number of hydrogen-bond acceptors (Lipinski definition) is 4. The van der Waals surface area contributed by atoms with E-state index in [0.717, 1.165) is 13.0 Å². The molecule has 0 radical (unpaired) electrons. The zero-order valence-corrected chi connectivity index (χ0v) is 11.2. The van der Waals surface area contributed by atoms with Crippen LogP contribution in [0.4, 0.5) is 0 Å². The molecule has 1 saturated heterocycles. The average molecular weight is 240 g/mol. The van der Waals surface area contributed by atoms with E-state index in [4.69, 9.17) is 9.72 Å². The Kier molecular flexibility index (Phi) is 3.33. The number of rotatable bonds is 3. The van der Waals surface area contributed by atoms with Gasteiger partial charge in [-0.05, 0) is 26.3 Å². The molecule has 0 aliphatic carbocycles. The van der Waals surface area contributed by atoms with Crippen LogP contribution in [-0.4, -0.2) is 24.7 Å². The second kappa shape index (κ2) is 4.43. The molecule has 16 heavy (non-hydrogen) atoms. The number of ether oxygens (including phenoxy) is 1. The van der Waals surface area contributed by atoms with Crippen molar-refractivity contribution in [3.8, 4) is 0 Å². The van der Waals surface area contributed by atoms with Crippen molar-refractivity contribution in [1.82, 2.24) is 10.3 Å². The van der Waals surface area contributed by atoms with Crippen molar-refractivity contribution in [2.24, 2.45) is 0 Å². The lowest BCUT2D eigenvalue weighted by molar-refractivity contribution is 0.0848. The van der Waals surface area contributed by atoms with Gasteiger partial charge in [-0.15, -0.1) is 11.3 Å². The van der Waals surface area contributed by atoms with Crippen LogP contribution in [-0.2, 0) is 10.3 Å². The molecule has 1 fully saturated rings. The first-order valence-corrected chi connectivity index (χ1v) is 6.74. The standard InChI is InChI=1S/C12H20N2OS/c1-8(2)10-7-16-11(14-10)12(13-4)5-6-15-9(12)3/h7-9,13H,5-6H2,1-4H3. The van der Waals surface area contributed by atoms with Gasteiger partial charge >= 0.3 is 0 Å². The summed E-state index contributed by atoms with van der Waals surface area (Å²) in [5.74, 6) is 0.497. The van der Waals surface area contributed by atoms with E-state index in [1.807, 2.05) is 7.05 Å². The Hall–Kier alpha value is -0.450. The normalized spacial score (nSPS) is 30.2. The minimum absolute atomic E-state index is 0.0716. The number of likely N-dealkylation sites (N-methyl/N-ethyl adjacent to an activating group) is 1. The minimum Gasteiger partial charge on any atom is -0.376 e. The Bertz CT molecular complexity index is 364. The van der Waals surface area contributed by atoms with E-state index < -0.39 is 0 Å². The van der Waals surface area contributed by atoms with Crippen molar-refractivity contribution in [1.29, 1.82) is 0 Å².